The molecule has 0 radical (unpaired) electrons. The van der Waals surface area contributed by atoms with E-state index in [2.05, 4.69) is 10.4 Å². The topological polar surface area (TPSA) is 59.4 Å². The quantitative estimate of drug-likeness (QED) is 0.784. The number of fused-ring (bicyclic) bond motifs is 1. The molecular weight excluding hydrogens is 385 g/mol. The van der Waals surface area contributed by atoms with Crippen LogP contribution in [0.1, 0.15) is 76.1 Å². The highest BCUT2D eigenvalue weighted by molar-refractivity contribution is 5.77. The van der Waals surface area contributed by atoms with Crippen molar-refractivity contribution in [2.75, 3.05) is 18.5 Å². The first-order valence-electron chi connectivity index (χ1n) is 10.7. The average molecular weight is 414 g/mol. The van der Waals surface area contributed by atoms with Gasteiger partial charge < -0.3 is 15.0 Å². The number of carbonyl (C=O) groups is 1. The molecule has 1 aromatic heterocycles. The number of anilines is 1. The lowest BCUT2D eigenvalue weighted by atomic mass is 10.0. The monoisotopic (exact) mass is 414 g/mol. The van der Waals surface area contributed by atoms with Crippen molar-refractivity contribution in [2.24, 2.45) is 0 Å². The summed E-state index contributed by atoms with van der Waals surface area (Å²) in [6.07, 6.45) is 1.12. The van der Waals surface area contributed by atoms with Crippen molar-refractivity contribution in [1.82, 2.24) is 14.7 Å². The van der Waals surface area contributed by atoms with Crippen LogP contribution < -0.4 is 5.32 Å². The normalized spacial score (nSPS) is 29.7. The molecule has 4 rings (SSSR count). The van der Waals surface area contributed by atoms with Gasteiger partial charge in [-0.2, -0.15) is 18.3 Å². The molecule has 4 heterocycles. The molecule has 0 unspecified atom stereocenters. The number of carbonyl (C=O) groups excluding carboxylic acids is 1. The standard InChI is InChI=1S/C20H29F3N4O2/c1-2-13-11-17(20(21,22)23)27-18(24-13)12-15(25-27)16-6-3-9-26(16)19(28)8-7-14-5-4-10-29-14/h12-14,16-17,24H,2-11H2,1H3/t13-,14-,16+,17-/m1/s1. The molecule has 162 valence electrons. The van der Waals surface area contributed by atoms with Crippen molar-refractivity contribution in [1.29, 1.82) is 0 Å². The minimum Gasteiger partial charge on any atom is -0.378 e. The third-order valence-corrected chi connectivity index (χ3v) is 6.40. The summed E-state index contributed by atoms with van der Waals surface area (Å²) in [6.45, 7) is 3.27. The van der Waals surface area contributed by atoms with Gasteiger partial charge >= 0.3 is 6.18 Å². The fraction of sp³-hybridized carbons (Fsp3) is 0.800. The number of hydrogen-bond acceptors (Lipinski definition) is 4. The van der Waals surface area contributed by atoms with Gasteiger partial charge in [-0.05, 0) is 44.9 Å². The van der Waals surface area contributed by atoms with E-state index in [4.69, 9.17) is 4.74 Å². The molecule has 2 fully saturated rings. The van der Waals surface area contributed by atoms with E-state index in [1.165, 1.54) is 0 Å². The fourth-order valence-electron chi connectivity index (χ4n) is 4.77. The number of rotatable bonds is 5. The Hall–Kier alpha value is -1.77. The largest absolute Gasteiger partial charge is 0.410 e. The summed E-state index contributed by atoms with van der Waals surface area (Å²) in [4.78, 5) is 14.6. The van der Waals surface area contributed by atoms with Gasteiger partial charge in [0.25, 0.3) is 0 Å². The Morgan fingerprint density at radius 3 is 2.86 bits per heavy atom. The number of alkyl halides is 3. The maximum atomic E-state index is 13.6. The molecule has 4 atom stereocenters. The molecule has 1 N–H and O–H groups in total. The molecule has 3 aliphatic rings. The minimum absolute atomic E-state index is 0.0250. The molecule has 1 amide bonds. The van der Waals surface area contributed by atoms with Gasteiger partial charge in [-0.1, -0.05) is 6.92 Å². The Morgan fingerprint density at radius 2 is 2.17 bits per heavy atom. The molecule has 0 spiro atoms. The summed E-state index contributed by atoms with van der Waals surface area (Å²) in [5.74, 6) is 0.444. The Labute approximate surface area is 168 Å². The lowest BCUT2D eigenvalue weighted by molar-refractivity contribution is -0.173. The van der Waals surface area contributed by atoms with Crippen LogP contribution in [0.3, 0.4) is 0 Å². The van der Waals surface area contributed by atoms with Crippen molar-refractivity contribution in [3.8, 4) is 0 Å². The number of nitrogens with zero attached hydrogens (tertiary/aromatic N) is 3. The second-order valence-corrected chi connectivity index (χ2v) is 8.36. The van der Waals surface area contributed by atoms with Crippen LogP contribution in [0, 0.1) is 0 Å². The molecule has 9 heteroatoms. The highest BCUT2D eigenvalue weighted by Gasteiger charge is 2.46. The van der Waals surface area contributed by atoms with Crippen LogP contribution in [0.25, 0.3) is 0 Å². The molecular formula is C20H29F3N4O2. The molecule has 29 heavy (non-hydrogen) atoms. The van der Waals surface area contributed by atoms with Crippen molar-refractivity contribution in [3.05, 3.63) is 11.8 Å². The molecule has 3 aliphatic heterocycles. The van der Waals surface area contributed by atoms with Crippen molar-refractivity contribution < 1.29 is 22.7 Å². The zero-order valence-corrected chi connectivity index (χ0v) is 16.7. The number of ether oxygens (including phenoxy) is 1. The van der Waals surface area contributed by atoms with E-state index in [-0.39, 0.29) is 30.5 Å². The van der Waals surface area contributed by atoms with E-state index < -0.39 is 12.2 Å². The van der Waals surface area contributed by atoms with Gasteiger partial charge in [0.05, 0.1) is 17.8 Å². The Morgan fingerprint density at radius 1 is 1.34 bits per heavy atom. The first kappa shape index (κ1) is 20.5. The van der Waals surface area contributed by atoms with Gasteiger partial charge in [0.2, 0.25) is 5.91 Å². The third-order valence-electron chi connectivity index (χ3n) is 6.40. The number of aromatic nitrogens is 2. The fourth-order valence-corrected chi connectivity index (χ4v) is 4.77. The van der Waals surface area contributed by atoms with Gasteiger partial charge in [-0.15, -0.1) is 0 Å². The second kappa shape index (κ2) is 8.16. The predicted octanol–water partition coefficient (Wildman–Crippen LogP) is 4.20. The van der Waals surface area contributed by atoms with Crippen LogP contribution >= 0.6 is 0 Å². The summed E-state index contributed by atoms with van der Waals surface area (Å²) in [7, 11) is 0. The number of likely N-dealkylation sites (tertiary alicyclic amines) is 1. The van der Waals surface area contributed by atoms with Gasteiger partial charge in [0.15, 0.2) is 6.04 Å². The van der Waals surface area contributed by atoms with E-state index in [1.807, 2.05) is 6.92 Å². The van der Waals surface area contributed by atoms with E-state index in [9.17, 15) is 18.0 Å². The van der Waals surface area contributed by atoms with Crippen LogP contribution in [0.5, 0.6) is 0 Å². The van der Waals surface area contributed by atoms with E-state index in [1.54, 1.807) is 11.0 Å². The maximum absolute atomic E-state index is 13.6. The highest BCUT2D eigenvalue weighted by atomic mass is 19.4. The summed E-state index contributed by atoms with van der Waals surface area (Å²) in [5, 5.41) is 7.51. The van der Waals surface area contributed by atoms with Gasteiger partial charge in [0, 0.05) is 31.7 Å². The Kier molecular flexibility index (Phi) is 5.77. The lowest BCUT2D eigenvalue weighted by Gasteiger charge is -2.32. The minimum atomic E-state index is -4.35. The lowest BCUT2D eigenvalue weighted by Crippen LogP contribution is -2.39. The maximum Gasteiger partial charge on any atom is 0.410 e. The molecule has 6 nitrogen and oxygen atoms in total. The zero-order valence-electron chi connectivity index (χ0n) is 16.7. The molecule has 1 aromatic rings. The molecule has 2 saturated heterocycles. The van der Waals surface area contributed by atoms with Crippen LogP contribution in [0.15, 0.2) is 6.07 Å². The average Bonchev–Trinajstić information content (AvgIpc) is 3.43. The van der Waals surface area contributed by atoms with E-state index in [0.717, 1.165) is 37.0 Å². The summed E-state index contributed by atoms with van der Waals surface area (Å²) < 4.78 is 47.5. The predicted molar refractivity (Wildman–Crippen MR) is 102 cm³/mol. The molecule has 0 aliphatic carbocycles. The van der Waals surface area contributed by atoms with Crippen LogP contribution in [-0.2, 0) is 9.53 Å². The van der Waals surface area contributed by atoms with Crippen LogP contribution in [0.2, 0.25) is 0 Å². The van der Waals surface area contributed by atoms with Crippen molar-refractivity contribution in [3.63, 3.8) is 0 Å². The van der Waals surface area contributed by atoms with Crippen LogP contribution in [0.4, 0.5) is 19.0 Å². The number of nitrogens with one attached hydrogen (secondary N) is 1. The van der Waals surface area contributed by atoms with Crippen molar-refractivity contribution in [2.45, 2.75) is 88.7 Å². The van der Waals surface area contributed by atoms with E-state index in [0.29, 0.717) is 37.3 Å². The first-order valence-corrected chi connectivity index (χ1v) is 10.7. The molecule has 0 bridgehead atoms. The Balaban J connectivity index is 1.50. The summed E-state index contributed by atoms with van der Waals surface area (Å²) in [5.41, 5.74) is 0.557. The number of halogens is 3. The van der Waals surface area contributed by atoms with Gasteiger partial charge in [-0.25, -0.2) is 4.68 Å². The van der Waals surface area contributed by atoms with Gasteiger partial charge in [-0.3, -0.25) is 4.79 Å². The highest BCUT2D eigenvalue weighted by Crippen LogP contribution is 2.42. The summed E-state index contributed by atoms with van der Waals surface area (Å²) >= 11 is 0. The van der Waals surface area contributed by atoms with E-state index >= 15 is 0 Å². The van der Waals surface area contributed by atoms with Crippen LogP contribution in [-0.4, -0.2) is 52.1 Å². The second-order valence-electron chi connectivity index (χ2n) is 8.36. The number of hydrogen-bond donors (Lipinski definition) is 1. The summed E-state index contributed by atoms with van der Waals surface area (Å²) in [6, 6.07) is -0.397. The SMILES string of the molecule is CC[C@@H]1C[C@H](C(F)(F)F)n2nc([C@@H]3CCCN3C(=O)CC[C@H]3CCCO3)cc2N1. The number of amides is 1. The molecule has 0 aromatic carbocycles. The molecule has 0 saturated carbocycles. The smallest absolute Gasteiger partial charge is 0.378 e. The zero-order chi connectivity index (χ0) is 20.6. The first-order chi connectivity index (χ1) is 13.9. The van der Waals surface area contributed by atoms with Crippen molar-refractivity contribution >= 4 is 11.7 Å². The third kappa shape index (κ3) is 4.25. The Bertz CT molecular complexity index is 730. The van der Waals surface area contributed by atoms with Gasteiger partial charge in [0.1, 0.15) is 5.82 Å².